The molecule has 37 heavy (non-hydrogen) atoms. The molecule has 0 aromatic carbocycles. The fraction of sp³-hybridized carbons (Fsp3) is 0.148. The Morgan fingerprint density at radius 3 is 2.73 bits per heavy atom. The van der Waals surface area contributed by atoms with Crippen molar-refractivity contribution in [3.63, 3.8) is 0 Å². The number of anilines is 1. The van der Waals surface area contributed by atoms with Gasteiger partial charge in [0.2, 0.25) is 5.91 Å². The molecule has 0 saturated heterocycles. The van der Waals surface area contributed by atoms with E-state index < -0.39 is 0 Å². The van der Waals surface area contributed by atoms with Crippen LogP contribution in [0.15, 0.2) is 67.5 Å². The number of aromatic amines is 2. The average Bonchev–Trinajstić information content (AvgIpc) is 3.56. The summed E-state index contributed by atoms with van der Waals surface area (Å²) in [5, 5.41) is 11.3. The van der Waals surface area contributed by atoms with Crippen LogP contribution >= 0.6 is 0 Å². The number of imidazole rings is 1. The Balaban J connectivity index is 1.37. The highest BCUT2D eigenvalue weighted by atomic mass is 16.1. The molecule has 1 amide bonds. The van der Waals surface area contributed by atoms with Crippen molar-refractivity contribution in [3.8, 4) is 33.9 Å². The van der Waals surface area contributed by atoms with Gasteiger partial charge in [-0.3, -0.25) is 24.8 Å². The SMILES string of the molecule is CCCCC(=O)Nc1cncc(-c2cc3c(-c4nc5nccc(-c6ccncc6)c5[nH]4)n[nH]c3cn2)c1. The Bertz CT molecular complexity index is 1720. The summed E-state index contributed by atoms with van der Waals surface area (Å²) in [7, 11) is 0. The first kappa shape index (κ1) is 22.5. The van der Waals surface area contributed by atoms with Gasteiger partial charge in [-0.1, -0.05) is 13.3 Å². The molecule has 10 heteroatoms. The third-order valence-electron chi connectivity index (χ3n) is 6.13. The summed E-state index contributed by atoms with van der Waals surface area (Å²) in [5.41, 5.74) is 7.00. The van der Waals surface area contributed by atoms with Crippen molar-refractivity contribution in [2.24, 2.45) is 0 Å². The predicted molar refractivity (Wildman–Crippen MR) is 141 cm³/mol. The highest BCUT2D eigenvalue weighted by molar-refractivity contribution is 5.97. The van der Waals surface area contributed by atoms with Gasteiger partial charge in [0.15, 0.2) is 11.5 Å². The van der Waals surface area contributed by atoms with E-state index in [1.54, 1.807) is 37.2 Å². The molecular weight excluding hydrogens is 466 g/mol. The summed E-state index contributed by atoms with van der Waals surface area (Å²) in [6.07, 6.45) is 12.7. The number of amides is 1. The van der Waals surface area contributed by atoms with Crippen molar-refractivity contribution in [2.45, 2.75) is 26.2 Å². The summed E-state index contributed by atoms with van der Waals surface area (Å²) in [6, 6.07) is 9.66. The summed E-state index contributed by atoms with van der Waals surface area (Å²) < 4.78 is 0. The number of nitrogens with one attached hydrogen (secondary N) is 3. The van der Waals surface area contributed by atoms with E-state index in [0.717, 1.165) is 46.0 Å². The second-order valence-electron chi connectivity index (χ2n) is 8.68. The fourth-order valence-corrected chi connectivity index (χ4v) is 4.26. The van der Waals surface area contributed by atoms with Crippen LogP contribution in [0.1, 0.15) is 26.2 Å². The first-order valence-corrected chi connectivity index (χ1v) is 12.0. The first-order chi connectivity index (χ1) is 18.2. The second-order valence-corrected chi connectivity index (χ2v) is 8.68. The molecule has 10 nitrogen and oxygen atoms in total. The lowest BCUT2D eigenvalue weighted by Gasteiger charge is -2.07. The normalized spacial score (nSPS) is 11.3. The van der Waals surface area contributed by atoms with Crippen LogP contribution in [0.3, 0.4) is 0 Å². The first-order valence-electron chi connectivity index (χ1n) is 12.0. The van der Waals surface area contributed by atoms with Crippen LogP contribution < -0.4 is 5.32 Å². The van der Waals surface area contributed by atoms with E-state index in [1.165, 1.54) is 0 Å². The van der Waals surface area contributed by atoms with Crippen LogP contribution in [0.2, 0.25) is 0 Å². The number of carbonyl (C=O) groups is 1. The Morgan fingerprint density at radius 2 is 1.86 bits per heavy atom. The minimum Gasteiger partial charge on any atom is -0.335 e. The highest BCUT2D eigenvalue weighted by Crippen LogP contribution is 2.31. The van der Waals surface area contributed by atoms with Gasteiger partial charge >= 0.3 is 0 Å². The lowest BCUT2D eigenvalue weighted by atomic mass is 10.1. The van der Waals surface area contributed by atoms with E-state index in [0.29, 0.717) is 35.0 Å². The Morgan fingerprint density at radius 1 is 0.973 bits per heavy atom. The Kier molecular flexibility index (Phi) is 5.81. The molecule has 0 bridgehead atoms. The maximum atomic E-state index is 12.2. The van der Waals surface area contributed by atoms with Crippen molar-refractivity contribution in [1.29, 1.82) is 0 Å². The molecule has 3 N–H and O–H groups in total. The number of carbonyl (C=O) groups excluding carboxylic acids is 1. The average molecular weight is 490 g/mol. The highest BCUT2D eigenvalue weighted by Gasteiger charge is 2.17. The van der Waals surface area contributed by atoms with Crippen LogP contribution in [0.5, 0.6) is 0 Å². The van der Waals surface area contributed by atoms with Gasteiger partial charge < -0.3 is 10.3 Å². The topological polar surface area (TPSA) is 138 Å². The van der Waals surface area contributed by atoms with Crippen LogP contribution in [0.4, 0.5) is 5.69 Å². The molecule has 0 aliphatic heterocycles. The van der Waals surface area contributed by atoms with Crippen molar-refractivity contribution >= 4 is 33.7 Å². The third-order valence-corrected chi connectivity index (χ3v) is 6.13. The summed E-state index contributed by atoms with van der Waals surface area (Å²) in [4.78, 5) is 37.7. The number of pyridine rings is 4. The number of H-pyrrole nitrogens is 2. The molecule has 0 aliphatic rings. The standard InChI is InChI=1S/C27H23N9O/c1-2-3-4-23(37)32-18-11-17(13-29-14-18)21-12-20-22(15-31-21)35-36-25(20)27-33-24-19(7-10-30-26(24)34-27)16-5-8-28-9-6-16/h5-15H,2-4H2,1H3,(H,32,37)(H,35,36)(H,30,33,34). The molecule has 0 spiro atoms. The minimum absolute atomic E-state index is 0.0223. The molecule has 6 aromatic rings. The predicted octanol–water partition coefficient (Wildman–Crippen LogP) is 5.15. The zero-order chi connectivity index (χ0) is 25.2. The second kappa shape index (κ2) is 9.57. The summed E-state index contributed by atoms with van der Waals surface area (Å²) >= 11 is 0. The van der Waals surface area contributed by atoms with Crippen molar-refractivity contribution in [2.75, 3.05) is 5.32 Å². The largest absolute Gasteiger partial charge is 0.335 e. The molecular formula is C27H23N9O. The number of nitrogens with zero attached hydrogens (tertiary/aromatic N) is 6. The van der Waals surface area contributed by atoms with Gasteiger partial charge in [0.25, 0.3) is 0 Å². The van der Waals surface area contributed by atoms with Gasteiger partial charge in [-0.05, 0) is 42.3 Å². The van der Waals surface area contributed by atoms with Gasteiger partial charge in [-0.15, -0.1) is 0 Å². The molecule has 0 fully saturated rings. The molecule has 0 atom stereocenters. The van der Waals surface area contributed by atoms with E-state index in [2.05, 4.69) is 47.4 Å². The number of hydrogen-bond acceptors (Lipinski definition) is 7. The van der Waals surface area contributed by atoms with E-state index in [1.807, 2.05) is 30.3 Å². The molecule has 182 valence electrons. The molecule has 6 aromatic heterocycles. The molecule has 0 radical (unpaired) electrons. The quantitative estimate of drug-likeness (QED) is 0.282. The van der Waals surface area contributed by atoms with E-state index in [9.17, 15) is 4.79 Å². The van der Waals surface area contributed by atoms with E-state index in [-0.39, 0.29) is 5.91 Å². The lowest BCUT2D eigenvalue weighted by molar-refractivity contribution is -0.116. The summed E-state index contributed by atoms with van der Waals surface area (Å²) in [5.74, 6) is 0.577. The Hall–Kier alpha value is -4.99. The Labute approximate surface area is 211 Å². The van der Waals surface area contributed by atoms with Gasteiger partial charge in [0.1, 0.15) is 5.69 Å². The van der Waals surface area contributed by atoms with Crippen molar-refractivity contribution < 1.29 is 4.79 Å². The zero-order valence-corrected chi connectivity index (χ0v) is 20.1. The van der Waals surface area contributed by atoms with Crippen LogP contribution in [-0.4, -0.2) is 46.0 Å². The number of unbranched alkanes of at least 4 members (excludes halogenated alkanes) is 1. The fourth-order valence-electron chi connectivity index (χ4n) is 4.26. The maximum Gasteiger partial charge on any atom is 0.224 e. The van der Waals surface area contributed by atoms with Gasteiger partial charge in [0.05, 0.1) is 34.8 Å². The molecule has 0 saturated carbocycles. The van der Waals surface area contributed by atoms with Crippen LogP contribution in [-0.2, 0) is 4.79 Å². The van der Waals surface area contributed by atoms with Crippen molar-refractivity contribution in [1.82, 2.24) is 40.1 Å². The van der Waals surface area contributed by atoms with E-state index >= 15 is 0 Å². The molecule has 6 rings (SSSR count). The zero-order valence-electron chi connectivity index (χ0n) is 20.1. The molecule has 0 aliphatic carbocycles. The number of fused-ring (bicyclic) bond motifs is 2. The monoisotopic (exact) mass is 489 g/mol. The minimum atomic E-state index is -0.0223. The molecule has 6 heterocycles. The van der Waals surface area contributed by atoms with Gasteiger partial charge in [-0.2, -0.15) is 5.10 Å². The van der Waals surface area contributed by atoms with E-state index in [4.69, 9.17) is 4.98 Å². The lowest BCUT2D eigenvalue weighted by Crippen LogP contribution is -2.11. The smallest absolute Gasteiger partial charge is 0.224 e. The van der Waals surface area contributed by atoms with Crippen LogP contribution in [0.25, 0.3) is 56.0 Å². The summed E-state index contributed by atoms with van der Waals surface area (Å²) in [6.45, 7) is 2.06. The maximum absolute atomic E-state index is 12.2. The van der Waals surface area contributed by atoms with Crippen LogP contribution in [0, 0.1) is 0 Å². The number of aromatic nitrogens is 8. The number of rotatable bonds is 7. The van der Waals surface area contributed by atoms with Gasteiger partial charge in [0, 0.05) is 47.7 Å². The molecule has 0 unspecified atom stereocenters. The number of hydrogen-bond donors (Lipinski definition) is 3. The van der Waals surface area contributed by atoms with Gasteiger partial charge in [-0.25, -0.2) is 9.97 Å². The van der Waals surface area contributed by atoms with Crippen molar-refractivity contribution in [3.05, 3.63) is 67.5 Å². The third kappa shape index (κ3) is 4.40.